The fraction of sp³-hybridized carbons (Fsp3) is 0.500. The van der Waals surface area contributed by atoms with Gasteiger partial charge in [-0.15, -0.1) is 0 Å². The number of nitrogens with one attached hydrogen (secondary N) is 1. The quantitative estimate of drug-likeness (QED) is 0.723. The average molecular weight is 203 g/mol. The van der Waals surface area contributed by atoms with Crippen LogP contribution in [0.1, 0.15) is 13.8 Å². The normalized spacial score (nSPS) is 10.8. The van der Waals surface area contributed by atoms with Gasteiger partial charge in [0.25, 0.3) is 5.56 Å². The summed E-state index contributed by atoms with van der Waals surface area (Å²) in [6.45, 7) is 4.27. The summed E-state index contributed by atoms with van der Waals surface area (Å²) in [6.07, 6.45) is 0. The number of rotatable bonds is 2. The highest BCUT2D eigenvalue weighted by molar-refractivity contribution is 6.29. The molecule has 5 heteroatoms. The fourth-order valence-corrected chi connectivity index (χ4v) is 1.20. The lowest BCUT2D eigenvalue weighted by molar-refractivity contribution is 0.492. The van der Waals surface area contributed by atoms with Crippen molar-refractivity contribution in [2.75, 3.05) is 0 Å². The van der Waals surface area contributed by atoms with Crippen molar-refractivity contribution in [1.82, 2.24) is 9.55 Å². The van der Waals surface area contributed by atoms with Crippen LogP contribution in [-0.4, -0.2) is 9.55 Å². The lowest BCUT2D eigenvalue weighted by Gasteiger charge is -2.06. The maximum Gasteiger partial charge on any atom is 0.329 e. The molecule has 0 atom stereocenters. The first-order valence-corrected chi connectivity index (χ1v) is 4.38. The van der Waals surface area contributed by atoms with Crippen molar-refractivity contribution in [2.24, 2.45) is 5.92 Å². The van der Waals surface area contributed by atoms with Crippen molar-refractivity contribution >= 4 is 11.6 Å². The van der Waals surface area contributed by atoms with Gasteiger partial charge in [0.15, 0.2) is 0 Å². The van der Waals surface area contributed by atoms with Crippen LogP contribution in [0.25, 0.3) is 0 Å². The summed E-state index contributed by atoms with van der Waals surface area (Å²) < 4.78 is 1.14. The van der Waals surface area contributed by atoms with Crippen molar-refractivity contribution in [3.63, 3.8) is 0 Å². The lowest BCUT2D eigenvalue weighted by atomic mass is 10.2. The number of hydrogen-bond donors (Lipinski definition) is 1. The summed E-state index contributed by atoms with van der Waals surface area (Å²) in [5.41, 5.74) is -0.811. The minimum absolute atomic E-state index is 0.0787. The number of nitrogens with zero attached hydrogens (tertiary/aromatic N) is 1. The predicted octanol–water partition coefficient (Wildman–Crippen LogP) is 0.846. The molecule has 0 fully saturated rings. The largest absolute Gasteiger partial charge is 0.329 e. The van der Waals surface area contributed by atoms with E-state index in [1.165, 1.54) is 6.07 Å². The van der Waals surface area contributed by atoms with Crippen molar-refractivity contribution in [1.29, 1.82) is 0 Å². The molecule has 1 aromatic heterocycles. The topological polar surface area (TPSA) is 54.9 Å². The molecule has 72 valence electrons. The Morgan fingerprint density at radius 2 is 2.15 bits per heavy atom. The van der Waals surface area contributed by atoms with Gasteiger partial charge in [0.05, 0.1) is 0 Å². The second-order valence-corrected chi connectivity index (χ2v) is 3.67. The van der Waals surface area contributed by atoms with Gasteiger partial charge >= 0.3 is 5.69 Å². The molecule has 1 N–H and O–H groups in total. The van der Waals surface area contributed by atoms with Gasteiger partial charge in [-0.1, -0.05) is 25.4 Å². The van der Waals surface area contributed by atoms with Crippen LogP contribution in [0.3, 0.4) is 0 Å². The lowest BCUT2D eigenvalue weighted by Crippen LogP contribution is -2.35. The van der Waals surface area contributed by atoms with Crippen molar-refractivity contribution in [3.05, 3.63) is 32.1 Å². The molecule has 0 aliphatic carbocycles. The van der Waals surface area contributed by atoms with Crippen LogP contribution in [0.4, 0.5) is 0 Å². The fourth-order valence-electron chi connectivity index (χ4n) is 1.03. The summed E-state index contributed by atoms with van der Waals surface area (Å²) in [5, 5.41) is 0.0787. The third-order valence-corrected chi connectivity index (χ3v) is 1.74. The molecule has 1 aromatic rings. The van der Waals surface area contributed by atoms with Gasteiger partial charge in [0.2, 0.25) is 0 Å². The molecular weight excluding hydrogens is 192 g/mol. The SMILES string of the molecule is CC(C)Cn1c(=O)cc(Cl)[nH]c1=O. The summed E-state index contributed by atoms with van der Waals surface area (Å²) >= 11 is 5.49. The van der Waals surface area contributed by atoms with Gasteiger partial charge in [-0.3, -0.25) is 14.3 Å². The van der Waals surface area contributed by atoms with Crippen LogP contribution < -0.4 is 11.2 Å². The zero-order chi connectivity index (χ0) is 10.0. The van der Waals surface area contributed by atoms with Gasteiger partial charge in [-0.05, 0) is 5.92 Å². The third kappa shape index (κ3) is 2.45. The molecule has 0 aliphatic rings. The highest BCUT2D eigenvalue weighted by Crippen LogP contribution is 1.96. The number of halogens is 1. The van der Waals surface area contributed by atoms with E-state index < -0.39 is 5.69 Å². The Kier molecular flexibility index (Phi) is 2.93. The molecule has 0 saturated heterocycles. The highest BCUT2D eigenvalue weighted by atomic mass is 35.5. The van der Waals surface area contributed by atoms with E-state index in [4.69, 9.17) is 11.6 Å². The molecule has 0 radical (unpaired) electrons. The number of aromatic nitrogens is 2. The molecule has 0 amide bonds. The van der Waals surface area contributed by atoms with Crippen molar-refractivity contribution in [2.45, 2.75) is 20.4 Å². The minimum atomic E-state index is -0.453. The Morgan fingerprint density at radius 1 is 1.54 bits per heavy atom. The summed E-state index contributed by atoms with van der Waals surface area (Å²) in [6, 6.07) is 1.20. The molecule has 13 heavy (non-hydrogen) atoms. The highest BCUT2D eigenvalue weighted by Gasteiger charge is 2.04. The zero-order valence-corrected chi connectivity index (χ0v) is 8.26. The van der Waals surface area contributed by atoms with Crippen LogP contribution in [-0.2, 0) is 6.54 Å². The first-order valence-electron chi connectivity index (χ1n) is 4.00. The average Bonchev–Trinajstić information content (AvgIpc) is 1.96. The van der Waals surface area contributed by atoms with E-state index >= 15 is 0 Å². The van der Waals surface area contributed by atoms with E-state index in [0.29, 0.717) is 6.54 Å². The van der Waals surface area contributed by atoms with Crippen LogP contribution in [0, 0.1) is 5.92 Å². The van der Waals surface area contributed by atoms with E-state index in [0.717, 1.165) is 4.57 Å². The molecule has 0 saturated carbocycles. The molecule has 0 unspecified atom stereocenters. The molecule has 1 rings (SSSR count). The number of aromatic amines is 1. The van der Waals surface area contributed by atoms with Gasteiger partial charge in [-0.2, -0.15) is 0 Å². The smallest absolute Gasteiger partial charge is 0.298 e. The minimum Gasteiger partial charge on any atom is -0.298 e. The summed E-state index contributed by atoms with van der Waals surface area (Å²) in [7, 11) is 0. The molecule has 0 aromatic carbocycles. The number of H-pyrrole nitrogens is 1. The second-order valence-electron chi connectivity index (χ2n) is 3.27. The van der Waals surface area contributed by atoms with E-state index in [1.54, 1.807) is 0 Å². The Bertz CT molecular complexity index is 374. The van der Waals surface area contributed by atoms with Crippen LogP contribution >= 0.6 is 11.6 Å². The van der Waals surface area contributed by atoms with Crippen molar-refractivity contribution < 1.29 is 0 Å². The predicted molar refractivity (Wildman–Crippen MR) is 51.2 cm³/mol. The van der Waals surface area contributed by atoms with E-state index in [9.17, 15) is 9.59 Å². The standard InChI is InChI=1S/C8H11ClN2O2/c1-5(2)4-11-7(12)3-6(9)10-8(11)13/h3,5H,4H2,1-2H3,(H,10,13). The first-order chi connectivity index (χ1) is 6.00. The Labute approximate surface area is 80.2 Å². The Morgan fingerprint density at radius 3 is 2.62 bits per heavy atom. The van der Waals surface area contributed by atoms with Crippen LogP contribution in [0.15, 0.2) is 15.7 Å². The zero-order valence-electron chi connectivity index (χ0n) is 7.50. The van der Waals surface area contributed by atoms with Crippen LogP contribution in [0.5, 0.6) is 0 Å². The molecule has 0 bridgehead atoms. The van der Waals surface area contributed by atoms with E-state index in [2.05, 4.69) is 4.98 Å². The monoisotopic (exact) mass is 202 g/mol. The molecular formula is C8H11ClN2O2. The Hall–Kier alpha value is -1.03. The van der Waals surface area contributed by atoms with Crippen LogP contribution in [0.2, 0.25) is 5.15 Å². The van der Waals surface area contributed by atoms with Gasteiger partial charge in [0, 0.05) is 12.6 Å². The van der Waals surface area contributed by atoms with Crippen molar-refractivity contribution in [3.8, 4) is 0 Å². The first kappa shape index (κ1) is 10.1. The molecule has 1 heterocycles. The summed E-state index contributed by atoms with van der Waals surface area (Å²) in [5.74, 6) is 0.250. The maximum absolute atomic E-state index is 11.3. The van der Waals surface area contributed by atoms with Gasteiger partial charge < -0.3 is 0 Å². The van der Waals surface area contributed by atoms with E-state index in [-0.39, 0.29) is 16.6 Å². The molecule has 0 aliphatic heterocycles. The summed E-state index contributed by atoms with van der Waals surface area (Å²) in [4.78, 5) is 24.8. The third-order valence-electron chi connectivity index (χ3n) is 1.54. The number of hydrogen-bond acceptors (Lipinski definition) is 2. The maximum atomic E-state index is 11.3. The second kappa shape index (κ2) is 3.79. The molecule has 4 nitrogen and oxygen atoms in total. The Balaban J connectivity index is 3.22. The van der Waals surface area contributed by atoms with Gasteiger partial charge in [-0.25, -0.2) is 4.79 Å². The van der Waals surface area contributed by atoms with Gasteiger partial charge in [0.1, 0.15) is 5.15 Å². The van der Waals surface area contributed by atoms with E-state index in [1.807, 2.05) is 13.8 Å². The molecule has 0 spiro atoms.